The number of aromatic carboxylic acids is 1. The first-order chi connectivity index (χ1) is 15.3. The molecule has 32 heavy (non-hydrogen) atoms. The number of aromatic nitrogens is 1. The Hall–Kier alpha value is -2.90. The third-order valence-corrected chi connectivity index (χ3v) is 5.68. The molecule has 0 aliphatic rings. The van der Waals surface area contributed by atoms with Crippen LogP contribution in [0.5, 0.6) is 5.75 Å². The minimum Gasteiger partial charge on any atom is -0.494 e. The molecule has 3 rings (SSSR count). The summed E-state index contributed by atoms with van der Waals surface area (Å²) in [5, 5.41) is 19.7. The molecule has 0 amide bonds. The average Bonchev–Trinajstić information content (AvgIpc) is 2.76. The molecule has 0 radical (unpaired) electrons. The van der Waals surface area contributed by atoms with Gasteiger partial charge in [0.25, 0.3) is 0 Å². The fourth-order valence-corrected chi connectivity index (χ4v) is 4.04. The maximum Gasteiger partial charge on any atom is 0.341 e. The van der Waals surface area contributed by atoms with E-state index in [2.05, 4.69) is 0 Å². The molecule has 170 valence electrons. The number of fused-ring (bicyclic) bond motifs is 1. The summed E-state index contributed by atoms with van der Waals surface area (Å²) in [4.78, 5) is 24.7. The van der Waals surface area contributed by atoms with Crippen molar-refractivity contribution >= 4 is 28.5 Å². The standard InChI is InChI=1S/C24H25ClFNO5/c1-3-6-16(13-28)27-12-18(24(30)31)23(29)17-10-15(21(32-4-2)11-20(17)27)9-14-7-5-8-19(25)22(14)26/h5,7-8,10-12,16,28H,3-4,6,9,13H2,1-2H3,(H,30,31)/t16-/m0/s1. The SMILES string of the molecule is CCC[C@@H](CO)n1cc(C(=O)O)c(=O)c2cc(Cc3cccc(Cl)c3F)c(OCC)cc21. The smallest absolute Gasteiger partial charge is 0.341 e. The number of aliphatic hydroxyl groups excluding tert-OH is 1. The predicted molar refractivity (Wildman–Crippen MR) is 122 cm³/mol. The van der Waals surface area contributed by atoms with E-state index in [4.69, 9.17) is 16.3 Å². The molecule has 2 N–H and O–H groups in total. The monoisotopic (exact) mass is 461 g/mol. The maximum atomic E-state index is 14.5. The maximum absolute atomic E-state index is 14.5. The molecule has 1 atom stereocenters. The number of aliphatic hydroxyl groups is 1. The Morgan fingerprint density at radius 2 is 2.00 bits per heavy atom. The highest BCUT2D eigenvalue weighted by molar-refractivity contribution is 6.30. The molecule has 8 heteroatoms. The first-order valence-corrected chi connectivity index (χ1v) is 10.8. The average molecular weight is 462 g/mol. The van der Waals surface area contributed by atoms with Gasteiger partial charge in [0.05, 0.1) is 29.8 Å². The summed E-state index contributed by atoms with van der Waals surface area (Å²) in [5.41, 5.74) is 0.268. The third-order valence-electron chi connectivity index (χ3n) is 5.38. The molecule has 0 bridgehead atoms. The Bertz CT molecular complexity index is 1210. The second-order valence-corrected chi connectivity index (χ2v) is 7.92. The number of carboxylic acid groups (broad SMARTS) is 1. The number of rotatable bonds is 9. The largest absolute Gasteiger partial charge is 0.494 e. The van der Waals surface area contributed by atoms with Crippen molar-refractivity contribution in [3.8, 4) is 5.75 Å². The molecule has 0 saturated carbocycles. The van der Waals surface area contributed by atoms with Crippen LogP contribution >= 0.6 is 11.6 Å². The lowest BCUT2D eigenvalue weighted by molar-refractivity contribution is 0.0694. The van der Waals surface area contributed by atoms with Gasteiger partial charge < -0.3 is 19.5 Å². The number of benzene rings is 2. The van der Waals surface area contributed by atoms with E-state index >= 15 is 0 Å². The molecule has 1 aromatic heterocycles. The van der Waals surface area contributed by atoms with Crippen LogP contribution in [0, 0.1) is 5.82 Å². The van der Waals surface area contributed by atoms with Crippen molar-refractivity contribution < 1.29 is 24.1 Å². The van der Waals surface area contributed by atoms with Gasteiger partial charge in [-0.1, -0.05) is 37.1 Å². The van der Waals surface area contributed by atoms with Crippen molar-refractivity contribution in [3.05, 3.63) is 74.3 Å². The van der Waals surface area contributed by atoms with E-state index in [0.717, 1.165) is 6.42 Å². The first kappa shape index (κ1) is 23.8. The molecule has 0 saturated heterocycles. The first-order valence-electron chi connectivity index (χ1n) is 10.4. The minimum absolute atomic E-state index is 0.0119. The molecule has 3 aromatic rings. The van der Waals surface area contributed by atoms with Gasteiger partial charge in [0, 0.05) is 24.1 Å². The Morgan fingerprint density at radius 1 is 1.25 bits per heavy atom. The van der Waals surface area contributed by atoms with Crippen LogP contribution in [-0.2, 0) is 6.42 Å². The van der Waals surface area contributed by atoms with E-state index in [0.29, 0.717) is 35.4 Å². The van der Waals surface area contributed by atoms with Crippen LogP contribution in [0.2, 0.25) is 5.02 Å². The minimum atomic E-state index is -1.35. The lowest BCUT2D eigenvalue weighted by Crippen LogP contribution is -2.23. The fraction of sp³-hybridized carbons (Fsp3) is 0.333. The number of carboxylic acids is 1. The number of hydrogen-bond acceptors (Lipinski definition) is 4. The van der Waals surface area contributed by atoms with Crippen molar-refractivity contribution in [1.82, 2.24) is 4.57 Å². The number of nitrogens with zero attached hydrogens (tertiary/aromatic N) is 1. The van der Waals surface area contributed by atoms with E-state index in [1.807, 2.05) is 13.8 Å². The summed E-state index contributed by atoms with van der Waals surface area (Å²) in [6.45, 7) is 3.88. The number of pyridine rings is 1. The lowest BCUT2D eigenvalue weighted by atomic mass is 9.99. The van der Waals surface area contributed by atoms with Gasteiger partial charge in [0.15, 0.2) is 0 Å². The number of halogens is 2. The summed E-state index contributed by atoms with van der Waals surface area (Å²) < 4.78 is 21.9. The van der Waals surface area contributed by atoms with Crippen LogP contribution in [0.4, 0.5) is 4.39 Å². The predicted octanol–water partition coefficient (Wildman–Crippen LogP) is 4.82. The van der Waals surface area contributed by atoms with Crippen LogP contribution in [0.25, 0.3) is 10.9 Å². The van der Waals surface area contributed by atoms with Crippen LogP contribution in [0.15, 0.2) is 41.3 Å². The van der Waals surface area contributed by atoms with E-state index in [-0.39, 0.29) is 23.4 Å². The molecule has 1 heterocycles. The van der Waals surface area contributed by atoms with Crippen LogP contribution in [-0.4, -0.2) is 34.0 Å². The van der Waals surface area contributed by atoms with E-state index in [1.54, 1.807) is 28.8 Å². The van der Waals surface area contributed by atoms with E-state index in [1.165, 1.54) is 12.3 Å². The van der Waals surface area contributed by atoms with Crippen LogP contribution < -0.4 is 10.2 Å². The Balaban J connectivity index is 2.31. The van der Waals surface area contributed by atoms with Crippen molar-refractivity contribution in [1.29, 1.82) is 0 Å². The number of ether oxygens (including phenoxy) is 1. The summed E-state index contributed by atoms with van der Waals surface area (Å²) >= 11 is 5.91. The topological polar surface area (TPSA) is 88.8 Å². The van der Waals surface area contributed by atoms with E-state index in [9.17, 15) is 24.2 Å². The normalized spacial score (nSPS) is 12.2. The zero-order valence-electron chi connectivity index (χ0n) is 17.9. The molecular weight excluding hydrogens is 437 g/mol. The summed E-state index contributed by atoms with van der Waals surface area (Å²) in [5.74, 6) is -1.46. The Labute approximate surface area is 189 Å². The molecule has 2 aromatic carbocycles. The van der Waals surface area contributed by atoms with Crippen molar-refractivity contribution in [3.63, 3.8) is 0 Å². The zero-order chi connectivity index (χ0) is 23.4. The summed E-state index contributed by atoms with van der Waals surface area (Å²) in [7, 11) is 0. The quantitative estimate of drug-likeness (QED) is 0.477. The molecule has 0 unspecified atom stereocenters. The lowest BCUT2D eigenvalue weighted by Gasteiger charge is -2.22. The van der Waals surface area contributed by atoms with Gasteiger partial charge in [-0.3, -0.25) is 4.79 Å². The van der Waals surface area contributed by atoms with Gasteiger partial charge >= 0.3 is 5.97 Å². The van der Waals surface area contributed by atoms with Gasteiger partial charge in [0.1, 0.15) is 17.1 Å². The van der Waals surface area contributed by atoms with Gasteiger partial charge in [0.2, 0.25) is 5.43 Å². The van der Waals surface area contributed by atoms with Gasteiger partial charge in [-0.25, -0.2) is 9.18 Å². The molecular formula is C24H25ClFNO5. The Kier molecular flexibility index (Phi) is 7.53. The second-order valence-electron chi connectivity index (χ2n) is 7.51. The number of carbonyl (C=O) groups is 1. The zero-order valence-corrected chi connectivity index (χ0v) is 18.7. The fourth-order valence-electron chi connectivity index (χ4n) is 3.85. The summed E-state index contributed by atoms with van der Waals surface area (Å²) in [6, 6.07) is 7.47. The van der Waals surface area contributed by atoms with Crippen molar-refractivity contribution in [2.75, 3.05) is 13.2 Å². The highest BCUT2D eigenvalue weighted by Gasteiger charge is 2.21. The van der Waals surface area contributed by atoms with E-state index < -0.39 is 28.8 Å². The van der Waals surface area contributed by atoms with Gasteiger partial charge in [-0.2, -0.15) is 0 Å². The van der Waals surface area contributed by atoms with Crippen LogP contribution in [0.3, 0.4) is 0 Å². The number of hydrogen-bond donors (Lipinski definition) is 2. The summed E-state index contributed by atoms with van der Waals surface area (Å²) in [6.07, 6.45) is 2.72. The van der Waals surface area contributed by atoms with Gasteiger partial charge in [-0.05, 0) is 36.6 Å². The second kappa shape index (κ2) is 10.1. The van der Waals surface area contributed by atoms with Crippen LogP contribution in [0.1, 0.15) is 54.2 Å². The molecule has 0 spiro atoms. The molecule has 0 fully saturated rings. The molecule has 0 aliphatic carbocycles. The van der Waals surface area contributed by atoms with Crippen molar-refractivity contribution in [2.45, 2.75) is 39.2 Å². The highest BCUT2D eigenvalue weighted by Crippen LogP contribution is 2.31. The Morgan fingerprint density at radius 3 is 2.62 bits per heavy atom. The molecule has 6 nitrogen and oxygen atoms in total. The molecule has 0 aliphatic heterocycles. The van der Waals surface area contributed by atoms with Crippen molar-refractivity contribution in [2.24, 2.45) is 0 Å². The van der Waals surface area contributed by atoms with Gasteiger partial charge in [-0.15, -0.1) is 0 Å². The highest BCUT2D eigenvalue weighted by atomic mass is 35.5. The third kappa shape index (κ3) is 4.64.